The number of carbonyl (C=O) groups is 1. The second kappa shape index (κ2) is 8.99. The van der Waals surface area contributed by atoms with Gasteiger partial charge >= 0.3 is 0 Å². The molecule has 0 bridgehead atoms. The monoisotopic (exact) mass is 385 g/mol. The summed E-state index contributed by atoms with van der Waals surface area (Å²) in [6.07, 6.45) is 5.52. The van der Waals surface area contributed by atoms with Crippen molar-refractivity contribution >= 4 is 15.9 Å². The molecule has 1 unspecified atom stereocenters. The van der Waals surface area contributed by atoms with Gasteiger partial charge in [0.1, 0.15) is 10.6 Å². The van der Waals surface area contributed by atoms with Crippen molar-refractivity contribution in [1.82, 2.24) is 14.8 Å². The predicted octanol–water partition coefficient (Wildman–Crippen LogP) is 2.78. The first-order valence-corrected chi connectivity index (χ1v) is 10.9. The Labute approximate surface area is 156 Å². The molecule has 8 heteroatoms. The topological polar surface area (TPSA) is 92.5 Å². The van der Waals surface area contributed by atoms with Crippen LogP contribution in [0.2, 0.25) is 0 Å². The number of amides is 1. The van der Waals surface area contributed by atoms with Crippen LogP contribution in [0.5, 0.6) is 0 Å². The Balaban J connectivity index is 1.89. The van der Waals surface area contributed by atoms with E-state index in [1.54, 1.807) is 13.8 Å². The van der Waals surface area contributed by atoms with Crippen LogP contribution in [0.4, 0.5) is 0 Å². The third kappa shape index (κ3) is 4.85. The Morgan fingerprint density at radius 3 is 2.50 bits per heavy atom. The van der Waals surface area contributed by atoms with Gasteiger partial charge in [-0.3, -0.25) is 4.79 Å². The van der Waals surface area contributed by atoms with Gasteiger partial charge < -0.3 is 9.84 Å². The Morgan fingerprint density at radius 1 is 1.31 bits per heavy atom. The quantitative estimate of drug-likeness (QED) is 0.695. The molecule has 0 aliphatic carbocycles. The average Bonchev–Trinajstić information content (AvgIpc) is 2.94. The Hall–Kier alpha value is -1.41. The summed E-state index contributed by atoms with van der Waals surface area (Å²) in [5, 5.41) is 6.81. The van der Waals surface area contributed by atoms with Gasteiger partial charge in [0, 0.05) is 25.0 Å². The first-order valence-electron chi connectivity index (χ1n) is 9.50. The van der Waals surface area contributed by atoms with E-state index in [9.17, 15) is 13.2 Å². The largest absolute Gasteiger partial charge is 0.360 e. The molecule has 1 aromatic heterocycles. The molecular formula is C18H31N3O4S. The Kier molecular flexibility index (Phi) is 7.23. The molecule has 1 saturated heterocycles. The van der Waals surface area contributed by atoms with Crippen LogP contribution in [0.15, 0.2) is 9.42 Å². The van der Waals surface area contributed by atoms with Gasteiger partial charge in [0.25, 0.3) is 0 Å². The summed E-state index contributed by atoms with van der Waals surface area (Å²) in [6, 6.07) is 0.165. The highest BCUT2D eigenvalue weighted by molar-refractivity contribution is 7.89. The van der Waals surface area contributed by atoms with Crippen LogP contribution in [0.25, 0.3) is 0 Å². The van der Waals surface area contributed by atoms with E-state index in [-0.39, 0.29) is 22.8 Å². The summed E-state index contributed by atoms with van der Waals surface area (Å²) in [7, 11) is -3.62. The van der Waals surface area contributed by atoms with Crippen molar-refractivity contribution in [3.63, 3.8) is 0 Å². The van der Waals surface area contributed by atoms with E-state index >= 15 is 0 Å². The summed E-state index contributed by atoms with van der Waals surface area (Å²) >= 11 is 0. The van der Waals surface area contributed by atoms with Gasteiger partial charge in [-0.05, 0) is 40.0 Å². The van der Waals surface area contributed by atoms with Gasteiger partial charge in [0.2, 0.25) is 15.9 Å². The van der Waals surface area contributed by atoms with Crippen LogP contribution in [0.1, 0.15) is 63.8 Å². The standard InChI is InChI=1S/C18H31N3O4S/c1-5-6-7-8-13(2)19-18(22)16-9-11-21(12-10-16)26(23,24)17-14(3)20-25-15(17)4/h13,16H,5-12H2,1-4H3,(H,19,22). The maximum absolute atomic E-state index is 12.8. The number of piperidine rings is 1. The summed E-state index contributed by atoms with van der Waals surface area (Å²) in [4.78, 5) is 12.6. The second-order valence-electron chi connectivity index (χ2n) is 7.24. The number of hydrogen-bond acceptors (Lipinski definition) is 5. The van der Waals surface area contributed by atoms with Crippen molar-refractivity contribution in [1.29, 1.82) is 0 Å². The number of nitrogens with one attached hydrogen (secondary N) is 1. The molecule has 0 radical (unpaired) electrons. The number of nitrogens with zero attached hydrogens (tertiary/aromatic N) is 2. The predicted molar refractivity (Wildman–Crippen MR) is 99.2 cm³/mol. The zero-order chi connectivity index (χ0) is 19.3. The highest BCUT2D eigenvalue weighted by Gasteiger charge is 2.35. The Morgan fingerprint density at radius 2 is 1.96 bits per heavy atom. The molecule has 1 atom stereocenters. The zero-order valence-electron chi connectivity index (χ0n) is 16.2. The van der Waals surface area contributed by atoms with Crippen LogP contribution < -0.4 is 5.32 Å². The third-order valence-electron chi connectivity index (χ3n) is 5.02. The molecule has 2 heterocycles. The number of unbranched alkanes of at least 4 members (excludes halogenated alkanes) is 2. The van der Waals surface area contributed by atoms with E-state index in [0.717, 1.165) is 12.8 Å². The van der Waals surface area contributed by atoms with Gasteiger partial charge in [0.05, 0.1) is 0 Å². The molecule has 1 N–H and O–H groups in total. The number of carbonyl (C=O) groups excluding carboxylic acids is 1. The van der Waals surface area contributed by atoms with Crippen molar-refractivity contribution < 1.29 is 17.7 Å². The van der Waals surface area contributed by atoms with Gasteiger partial charge in [-0.2, -0.15) is 4.31 Å². The molecular weight excluding hydrogens is 354 g/mol. The lowest BCUT2D eigenvalue weighted by Gasteiger charge is -2.31. The van der Waals surface area contributed by atoms with E-state index in [1.807, 2.05) is 6.92 Å². The lowest BCUT2D eigenvalue weighted by molar-refractivity contribution is -0.126. The maximum Gasteiger partial charge on any atom is 0.248 e. The molecule has 0 spiro atoms. The number of hydrogen-bond donors (Lipinski definition) is 1. The molecule has 1 aliphatic rings. The number of aryl methyl sites for hydroxylation is 2. The van der Waals surface area contributed by atoms with E-state index in [4.69, 9.17) is 4.52 Å². The summed E-state index contributed by atoms with van der Waals surface area (Å²) in [5.74, 6) is 0.228. The number of aromatic nitrogens is 1. The smallest absolute Gasteiger partial charge is 0.248 e. The molecule has 1 aliphatic heterocycles. The molecule has 1 aromatic rings. The van der Waals surface area contributed by atoms with Crippen LogP contribution in [-0.4, -0.2) is 42.9 Å². The average molecular weight is 386 g/mol. The molecule has 7 nitrogen and oxygen atoms in total. The first-order chi connectivity index (χ1) is 12.3. The highest BCUT2D eigenvalue weighted by Crippen LogP contribution is 2.27. The third-order valence-corrected chi connectivity index (χ3v) is 7.16. The van der Waals surface area contributed by atoms with E-state index in [0.29, 0.717) is 37.4 Å². The molecule has 2 rings (SSSR count). The minimum atomic E-state index is -3.62. The molecule has 1 fully saturated rings. The van der Waals surface area contributed by atoms with Gasteiger partial charge in [-0.15, -0.1) is 0 Å². The fourth-order valence-corrected chi connectivity index (χ4v) is 5.22. The van der Waals surface area contributed by atoms with Gasteiger partial charge in [0.15, 0.2) is 5.76 Å². The zero-order valence-corrected chi connectivity index (χ0v) is 17.1. The van der Waals surface area contributed by atoms with Crippen LogP contribution >= 0.6 is 0 Å². The Bertz CT molecular complexity index is 687. The highest BCUT2D eigenvalue weighted by atomic mass is 32.2. The van der Waals surface area contributed by atoms with Crippen molar-refractivity contribution in [3.05, 3.63) is 11.5 Å². The van der Waals surface area contributed by atoms with E-state index in [2.05, 4.69) is 17.4 Å². The normalized spacial score (nSPS) is 18.0. The molecule has 26 heavy (non-hydrogen) atoms. The fourth-order valence-electron chi connectivity index (χ4n) is 3.46. The van der Waals surface area contributed by atoms with Crippen molar-refractivity contribution in [2.24, 2.45) is 5.92 Å². The number of sulfonamides is 1. The lowest BCUT2D eigenvalue weighted by Crippen LogP contribution is -2.44. The lowest BCUT2D eigenvalue weighted by atomic mass is 9.96. The maximum atomic E-state index is 12.8. The van der Waals surface area contributed by atoms with E-state index in [1.165, 1.54) is 17.1 Å². The second-order valence-corrected chi connectivity index (χ2v) is 9.11. The molecule has 1 amide bonds. The SMILES string of the molecule is CCCCCC(C)NC(=O)C1CCN(S(=O)(=O)c2c(C)noc2C)CC1. The fraction of sp³-hybridized carbons (Fsp3) is 0.778. The van der Waals surface area contributed by atoms with Crippen molar-refractivity contribution in [2.45, 2.75) is 77.2 Å². The van der Waals surface area contributed by atoms with Crippen LogP contribution in [0, 0.1) is 19.8 Å². The minimum absolute atomic E-state index is 0.0448. The summed E-state index contributed by atoms with van der Waals surface area (Å²) in [6.45, 7) is 8.11. The first kappa shape index (κ1) is 20.9. The van der Waals surface area contributed by atoms with Gasteiger partial charge in [-0.1, -0.05) is 31.3 Å². The minimum Gasteiger partial charge on any atom is -0.360 e. The summed E-state index contributed by atoms with van der Waals surface area (Å²) < 4.78 is 32.1. The van der Waals surface area contributed by atoms with E-state index < -0.39 is 10.0 Å². The summed E-state index contributed by atoms with van der Waals surface area (Å²) in [5.41, 5.74) is 0.378. The molecule has 0 saturated carbocycles. The van der Waals surface area contributed by atoms with Crippen molar-refractivity contribution in [2.75, 3.05) is 13.1 Å². The number of rotatable bonds is 8. The van der Waals surface area contributed by atoms with Crippen LogP contribution in [0.3, 0.4) is 0 Å². The van der Waals surface area contributed by atoms with Gasteiger partial charge in [-0.25, -0.2) is 8.42 Å². The molecule has 148 valence electrons. The van der Waals surface area contributed by atoms with Crippen LogP contribution in [-0.2, 0) is 14.8 Å². The van der Waals surface area contributed by atoms with Crippen molar-refractivity contribution in [3.8, 4) is 0 Å². The molecule has 0 aromatic carbocycles.